The number of nitrogens with one attached hydrogen (secondary N) is 1. The first-order valence-electron chi connectivity index (χ1n) is 6.79. The second kappa shape index (κ2) is 6.32. The molecule has 0 heterocycles. The molecule has 1 rings (SSSR count). The number of rotatable bonds is 4. The minimum absolute atomic E-state index is 0.0273. The Morgan fingerprint density at radius 2 is 1.76 bits per heavy atom. The summed E-state index contributed by atoms with van der Waals surface area (Å²) in [5.74, 6) is 4.45. The smallest absolute Gasteiger partial charge is 0.271 e. The van der Waals surface area contributed by atoms with Gasteiger partial charge in [-0.3, -0.25) is 11.3 Å². The van der Waals surface area contributed by atoms with Gasteiger partial charge in [-0.05, 0) is 35.4 Å². The molecule has 0 radical (unpaired) electrons. The molecule has 1 aromatic carbocycles. The largest absolute Gasteiger partial charge is 0.419 e. The summed E-state index contributed by atoms with van der Waals surface area (Å²) >= 11 is 0. The Kier molecular flexibility index (Phi) is 5.39. The number of hydrazine groups is 1. The van der Waals surface area contributed by atoms with Crippen LogP contribution in [-0.2, 0) is 6.18 Å². The van der Waals surface area contributed by atoms with Gasteiger partial charge in [0.15, 0.2) is 0 Å². The fraction of sp³-hybridized carbons (Fsp3) is 0.600. The van der Waals surface area contributed by atoms with E-state index in [-0.39, 0.29) is 11.3 Å². The van der Waals surface area contributed by atoms with Gasteiger partial charge in [-0.25, -0.2) is 4.39 Å². The van der Waals surface area contributed by atoms with Crippen LogP contribution in [0.3, 0.4) is 0 Å². The van der Waals surface area contributed by atoms with E-state index < -0.39 is 23.6 Å². The molecule has 6 heteroatoms. The third-order valence-electron chi connectivity index (χ3n) is 3.97. The van der Waals surface area contributed by atoms with E-state index in [0.29, 0.717) is 12.0 Å². The fourth-order valence-electron chi connectivity index (χ4n) is 1.99. The van der Waals surface area contributed by atoms with Crippen molar-refractivity contribution in [2.24, 2.45) is 17.2 Å². The Morgan fingerprint density at radius 3 is 2.14 bits per heavy atom. The van der Waals surface area contributed by atoms with Gasteiger partial charge >= 0.3 is 6.18 Å². The highest BCUT2D eigenvalue weighted by Gasteiger charge is 2.34. The molecular formula is C15H22F4N2. The van der Waals surface area contributed by atoms with E-state index >= 15 is 0 Å². The van der Waals surface area contributed by atoms with Crippen LogP contribution in [0.25, 0.3) is 0 Å². The summed E-state index contributed by atoms with van der Waals surface area (Å²) in [7, 11) is 0. The molecule has 0 aliphatic rings. The highest BCUT2D eigenvalue weighted by atomic mass is 19.4. The first kappa shape index (κ1) is 17.9. The summed E-state index contributed by atoms with van der Waals surface area (Å²) < 4.78 is 51.3. The van der Waals surface area contributed by atoms with Gasteiger partial charge in [-0.2, -0.15) is 13.2 Å². The van der Waals surface area contributed by atoms with Crippen LogP contribution in [0.5, 0.6) is 0 Å². The molecule has 0 spiro atoms. The Morgan fingerprint density at radius 1 is 1.19 bits per heavy atom. The van der Waals surface area contributed by atoms with Crippen LogP contribution in [0.4, 0.5) is 17.6 Å². The number of nitrogens with two attached hydrogens (primary N) is 1. The van der Waals surface area contributed by atoms with Crippen molar-refractivity contribution in [3.05, 3.63) is 35.1 Å². The van der Waals surface area contributed by atoms with Crippen LogP contribution in [0, 0.1) is 17.2 Å². The minimum atomic E-state index is -4.69. The molecule has 0 saturated heterocycles. The summed E-state index contributed by atoms with van der Waals surface area (Å²) in [6.07, 6.45) is -4.09. The Hall–Kier alpha value is -1.14. The molecule has 0 bridgehead atoms. The quantitative estimate of drug-likeness (QED) is 0.491. The maximum absolute atomic E-state index is 13.6. The molecule has 120 valence electrons. The lowest BCUT2D eigenvalue weighted by molar-refractivity contribution is -0.140. The van der Waals surface area contributed by atoms with Crippen molar-refractivity contribution in [1.82, 2.24) is 5.43 Å². The third kappa shape index (κ3) is 4.68. The number of hydrogen-bond acceptors (Lipinski definition) is 2. The molecule has 1 aromatic rings. The van der Waals surface area contributed by atoms with Gasteiger partial charge in [0.1, 0.15) is 5.82 Å². The lowest BCUT2D eigenvalue weighted by Gasteiger charge is -2.30. The fourth-order valence-corrected chi connectivity index (χ4v) is 1.99. The average Bonchev–Trinajstić information content (AvgIpc) is 2.32. The van der Waals surface area contributed by atoms with Crippen LogP contribution in [0.2, 0.25) is 0 Å². The van der Waals surface area contributed by atoms with E-state index in [1.54, 1.807) is 0 Å². The molecular weight excluding hydrogens is 284 g/mol. The molecule has 2 unspecified atom stereocenters. The third-order valence-corrected chi connectivity index (χ3v) is 3.97. The molecule has 0 fully saturated rings. The summed E-state index contributed by atoms with van der Waals surface area (Å²) in [5.41, 5.74) is 1.74. The molecule has 0 aliphatic heterocycles. The molecule has 3 N–H and O–H groups in total. The normalized spacial score (nSPS) is 15.9. The summed E-state index contributed by atoms with van der Waals surface area (Å²) in [5, 5.41) is 0. The van der Waals surface area contributed by atoms with Crippen molar-refractivity contribution < 1.29 is 17.6 Å². The lowest BCUT2D eigenvalue weighted by atomic mass is 9.77. The van der Waals surface area contributed by atoms with E-state index in [4.69, 9.17) is 5.84 Å². The van der Waals surface area contributed by atoms with Crippen molar-refractivity contribution in [3.8, 4) is 0 Å². The van der Waals surface area contributed by atoms with Crippen molar-refractivity contribution in [3.63, 3.8) is 0 Å². The first-order valence-corrected chi connectivity index (χ1v) is 6.79. The second-order valence-electron chi connectivity index (χ2n) is 6.46. The number of halogens is 4. The number of alkyl halides is 3. The second-order valence-corrected chi connectivity index (χ2v) is 6.46. The van der Waals surface area contributed by atoms with Gasteiger partial charge in [-0.15, -0.1) is 0 Å². The molecule has 0 aliphatic carbocycles. The minimum Gasteiger partial charge on any atom is -0.271 e. The maximum Gasteiger partial charge on any atom is 0.419 e. The van der Waals surface area contributed by atoms with Crippen LogP contribution in [0.1, 0.15) is 51.3 Å². The maximum atomic E-state index is 13.6. The van der Waals surface area contributed by atoms with E-state index in [9.17, 15) is 17.6 Å². The van der Waals surface area contributed by atoms with Crippen molar-refractivity contribution in [1.29, 1.82) is 0 Å². The molecule has 21 heavy (non-hydrogen) atoms. The zero-order valence-electron chi connectivity index (χ0n) is 12.7. The van der Waals surface area contributed by atoms with E-state index in [1.165, 1.54) is 6.07 Å². The Balaban J connectivity index is 3.00. The lowest BCUT2D eigenvalue weighted by Crippen LogP contribution is -2.32. The van der Waals surface area contributed by atoms with Gasteiger partial charge in [-0.1, -0.05) is 33.8 Å². The Labute approximate surface area is 122 Å². The van der Waals surface area contributed by atoms with Crippen LogP contribution in [-0.4, -0.2) is 0 Å². The van der Waals surface area contributed by atoms with Crippen molar-refractivity contribution >= 4 is 0 Å². The van der Waals surface area contributed by atoms with Crippen molar-refractivity contribution in [2.75, 3.05) is 0 Å². The van der Waals surface area contributed by atoms with E-state index in [2.05, 4.69) is 26.2 Å². The number of hydrogen-bond donors (Lipinski definition) is 2. The predicted octanol–water partition coefficient (Wildman–Crippen LogP) is 4.42. The van der Waals surface area contributed by atoms with Gasteiger partial charge in [0.25, 0.3) is 0 Å². The SMILES string of the molecule is CC(CC(NN)c1ccc(C(F)(F)F)c(F)c1)C(C)(C)C. The van der Waals surface area contributed by atoms with E-state index in [1.807, 2.05) is 6.92 Å². The average molecular weight is 306 g/mol. The molecule has 2 nitrogen and oxygen atoms in total. The van der Waals surface area contributed by atoms with Gasteiger partial charge in [0.2, 0.25) is 0 Å². The summed E-state index contributed by atoms with van der Waals surface area (Å²) in [6.45, 7) is 8.24. The van der Waals surface area contributed by atoms with Crippen molar-refractivity contribution in [2.45, 2.75) is 46.3 Å². The Bertz CT molecular complexity index is 478. The molecule has 0 aromatic heterocycles. The standard InChI is InChI=1S/C15H22F4N2/c1-9(14(2,3)4)7-13(21-20)10-5-6-11(12(16)8-10)15(17,18)19/h5-6,8-9,13,21H,7,20H2,1-4H3. The number of benzene rings is 1. The molecule has 0 saturated carbocycles. The zero-order valence-corrected chi connectivity index (χ0v) is 12.7. The van der Waals surface area contributed by atoms with Gasteiger partial charge in [0, 0.05) is 6.04 Å². The molecule has 2 atom stereocenters. The summed E-state index contributed by atoms with van der Waals surface area (Å²) in [4.78, 5) is 0. The zero-order chi connectivity index (χ0) is 16.4. The van der Waals surface area contributed by atoms with E-state index in [0.717, 1.165) is 12.1 Å². The molecule has 0 amide bonds. The van der Waals surface area contributed by atoms with Crippen LogP contribution >= 0.6 is 0 Å². The van der Waals surface area contributed by atoms with Gasteiger partial charge in [0.05, 0.1) is 5.56 Å². The summed E-state index contributed by atoms with van der Waals surface area (Å²) in [6, 6.07) is 2.54. The monoisotopic (exact) mass is 306 g/mol. The van der Waals surface area contributed by atoms with Gasteiger partial charge < -0.3 is 0 Å². The van der Waals surface area contributed by atoms with Crippen LogP contribution < -0.4 is 11.3 Å². The first-order chi connectivity index (χ1) is 9.46. The predicted molar refractivity (Wildman–Crippen MR) is 74.7 cm³/mol. The highest BCUT2D eigenvalue weighted by Crippen LogP contribution is 2.35. The highest BCUT2D eigenvalue weighted by molar-refractivity contribution is 5.28. The van der Waals surface area contributed by atoms with Crippen LogP contribution in [0.15, 0.2) is 18.2 Å². The topological polar surface area (TPSA) is 38.0 Å².